The lowest BCUT2D eigenvalue weighted by Crippen LogP contribution is -2.27. The first kappa shape index (κ1) is 11.6. The molecule has 0 bridgehead atoms. The number of rotatable bonds is 2. The van der Waals surface area contributed by atoms with Crippen LogP contribution in [0.5, 0.6) is 0 Å². The zero-order chi connectivity index (χ0) is 10.9. The third-order valence-corrected chi connectivity index (χ3v) is 3.64. The van der Waals surface area contributed by atoms with Crippen LogP contribution in [0.3, 0.4) is 0 Å². The maximum absolute atomic E-state index is 11.3. The monoisotopic (exact) mass is 308 g/mol. The van der Waals surface area contributed by atoms with Gasteiger partial charge in [0.05, 0.1) is 3.92 Å². The van der Waals surface area contributed by atoms with Gasteiger partial charge in [-0.05, 0) is 13.8 Å². The first-order valence-corrected chi connectivity index (χ1v) is 5.54. The molecule has 3 unspecified atom stereocenters. The summed E-state index contributed by atoms with van der Waals surface area (Å²) < 4.78 is 10.7. The second-order valence-corrected chi connectivity index (χ2v) is 4.78. The Morgan fingerprint density at radius 1 is 1.64 bits per heavy atom. The molecule has 1 rings (SSSR count). The zero-order valence-electron chi connectivity index (χ0n) is 8.25. The van der Waals surface area contributed by atoms with E-state index in [1.165, 1.54) is 0 Å². The molecular weight excluding hydrogens is 295 g/mol. The van der Waals surface area contributed by atoms with Crippen LogP contribution in [0.15, 0.2) is 24.5 Å². The fourth-order valence-electron chi connectivity index (χ4n) is 1.14. The number of hydrogen-bond acceptors (Lipinski definition) is 3. The van der Waals surface area contributed by atoms with E-state index in [1.807, 2.05) is 6.92 Å². The lowest BCUT2D eigenvalue weighted by Gasteiger charge is -2.14. The molecule has 0 amide bonds. The van der Waals surface area contributed by atoms with Gasteiger partial charge >= 0.3 is 5.97 Å². The Bertz CT molecular complexity index is 285. The molecule has 78 valence electrons. The highest BCUT2D eigenvalue weighted by Crippen LogP contribution is 2.31. The molecule has 0 radical (unpaired) electrons. The summed E-state index contributed by atoms with van der Waals surface area (Å²) in [4.78, 5) is 11.3. The number of carbonyl (C=O) groups is 1. The van der Waals surface area contributed by atoms with Gasteiger partial charge in [0, 0.05) is 5.57 Å². The van der Waals surface area contributed by atoms with Gasteiger partial charge in [0.2, 0.25) is 0 Å². The third-order valence-electron chi connectivity index (χ3n) is 1.97. The third kappa shape index (κ3) is 2.29. The predicted molar refractivity (Wildman–Crippen MR) is 62.2 cm³/mol. The van der Waals surface area contributed by atoms with Crippen molar-refractivity contribution in [2.24, 2.45) is 0 Å². The standard InChI is InChI=1S/C10H13IO3/c1-5(2)10(12)14-9-7(4)13-6(3)8(9)11/h6,8-9H,1,4H2,2-3H3. The number of hydrogen-bond donors (Lipinski definition) is 0. The highest BCUT2D eigenvalue weighted by Gasteiger charge is 2.39. The Kier molecular flexibility index (Phi) is 3.58. The smallest absolute Gasteiger partial charge is 0.333 e. The van der Waals surface area contributed by atoms with Crippen LogP contribution >= 0.6 is 22.6 Å². The molecule has 1 aliphatic rings. The lowest BCUT2D eigenvalue weighted by molar-refractivity contribution is -0.142. The normalized spacial score (nSPS) is 31.1. The Hall–Kier alpha value is -0.520. The second-order valence-electron chi connectivity index (χ2n) is 3.34. The number of halogens is 1. The summed E-state index contributed by atoms with van der Waals surface area (Å²) in [5, 5.41) is 0. The molecule has 3 nitrogen and oxygen atoms in total. The van der Waals surface area contributed by atoms with Gasteiger partial charge in [-0.2, -0.15) is 0 Å². The molecule has 0 aromatic rings. The van der Waals surface area contributed by atoms with Crippen molar-refractivity contribution in [2.75, 3.05) is 0 Å². The summed E-state index contributed by atoms with van der Waals surface area (Å²) in [6, 6.07) is 0. The number of alkyl halides is 1. The molecule has 0 aromatic carbocycles. The maximum atomic E-state index is 11.3. The fourth-order valence-corrected chi connectivity index (χ4v) is 1.84. The molecule has 4 heteroatoms. The summed E-state index contributed by atoms with van der Waals surface area (Å²) in [6.45, 7) is 10.8. The first-order chi connectivity index (χ1) is 6.43. The molecule has 0 aromatic heterocycles. The van der Waals surface area contributed by atoms with Crippen molar-refractivity contribution in [3.63, 3.8) is 0 Å². The summed E-state index contributed by atoms with van der Waals surface area (Å²) in [5.74, 6) is 0.127. The Morgan fingerprint density at radius 2 is 2.21 bits per heavy atom. The van der Waals surface area contributed by atoms with Crippen molar-refractivity contribution in [2.45, 2.75) is 30.0 Å². The van der Waals surface area contributed by atoms with Crippen molar-refractivity contribution < 1.29 is 14.3 Å². The van der Waals surface area contributed by atoms with E-state index in [0.29, 0.717) is 11.3 Å². The van der Waals surface area contributed by atoms with Crippen LogP contribution in [-0.4, -0.2) is 22.1 Å². The van der Waals surface area contributed by atoms with E-state index in [4.69, 9.17) is 9.47 Å². The fraction of sp³-hybridized carbons (Fsp3) is 0.500. The van der Waals surface area contributed by atoms with Crippen molar-refractivity contribution in [3.8, 4) is 0 Å². The minimum Gasteiger partial charge on any atom is -0.490 e. The van der Waals surface area contributed by atoms with Gasteiger partial charge in [-0.25, -0.2) is 4.79 Å². The molecule has 0 saturated carbocycles. The van der Waals surface area contributed by atoms with Crippen molar-refractivity contribution in [1.29, 1.82) is 0 Å². The molecule has 1 fully saturated rings. The SMILES string of the molecule is C=C(C)C(=O)OC1C(=C)OC(C)C1I. The molecule has 0 spiro atoms. The van der Waals surface area contributed by atoms with E-state index in [2.05, 4.69) is 35.7 Å². The van der Waals surface area contributed by atoms with Gasteiger partial charge in [-0.3, -0.25) is 0 Å². The van der Waals surface area contributed by atoms with Gasteiger partial charge in [0.1, 0.15) is 11.9 Å². The Morgan fingerprint density at radius 3 is 2.57 bits per heavy atom. The van der Waals surface area contributed by atoms with Crippen LogP contribution in [0.2, 0.25) is 0 Å². The number of ether oxygens (including phenoxy) is 2. The van der Waals surface area contributed by atoms with Gasteiger partial charge in [0.25, 0.3) is 0 Å². The van der Waals surface area contributed by atoms with Gasteiger partial charge in [-0.15, -0.1) is 0 Å². The highest BCUT2D eigenvalue weighted by atomic mass is 127. The quantitative estimate of drug-likeness (QED) is 0.340. The van der Waals surface area contributed by atoms with E-state index < -0.39 is 5.97 Å². The highest BCUT2D eigenvalue weighted by molar-refractivity contribution is 14.1. The van der Waals surface area contributed by atoms with Crippen LogP contribution in [0, 0.1) is 0 Å². The summed E-state index contributed by atoms with van der Waals surface area (Å²) in [6.07, 6.45) is -0.319. The Balaban J connectivity index is 2.65. The first-order valence-electron chi connectivity index (χ1n) is 4.29. The minimum atomic E-state index is -0.393. The molecule has 3 atom stereocenters. The van der Waals surface area contributed by atoms with E-state index in [0.717, 1.165) is 0 Å². The average molecular weight is 308 g/mol. The predicted octanol–water partition coefficient (Wildman–Crippen LogP) is 2.21. The molecular formula is C10H13IO3. The van der Waals surface area contributed by atoms with Crippen LogP contribution in [0.4, 0.5) is 0 Å². The van der Waals surface area contributed by atoms with Crippen molar-refractivity contribution in [1.82, 2.24) is 0 Å². The lowest BCUT2D eigenvalue weighted by atomic mass is 10.2. The number of carbonyl (C=O) groups excluding carboxylic acids is 1. The molecule has 0 aliphatic carbocycles. The average Bonchev–Trinajstić information content (AvgIpc) is 2.32. The largest absolute Gasteiger partial charge is 0.490 e. The van der Waals surface area contributed by atoms with Gasteiger partial charge < -0.3 is 9.47 Å². The zero-order valence-corrected chi connectivity index (χ0v) is 10.4. The molecule has 1 aliphatic heterocycles. The summed E-state index contributed by atoms with van der Waals surface area (Å²) in [7, 11) is 0. The van der Waals surface area contributed by atoms with E-state index in [-0.39, 0.29) is 16.1 Å². The Labute approximate surface area is 97.3 Å². The minimum absolute atomic E-state index is 0.0334. The van der Waals surface area contributed by atoms with Crippen LogP contribution in [0.1, 0.15) is 13.8 Å². The van der Waals surface area contributed by atoms with E-state index >= 15 is 0 Å². The van der Waals surface area contributed by atoms with Crippen LogP contribution in [-0.2, 0) is 14.3 Å². The molecule has 0 N–H and O–H groups in total. The molecule has 14 heavy (non-hydrogen) atoms. The van der Waals surface area contributed by atoms with E-state index in [1.54, 1.807) is 6.92 Å². The number of esters is 1. The topological polar surface area (TPSA) is 35.5 Å². The van der Waals surface area contributed by atoms with E-state index in [9.17, 15) is 4.79 Å². The summed E-state index contributed by atoms with van der Waals surface area (Å²) >= 11 is 2.20. The van der Waals surface area contributed by atoms with Crippen LogP contribution in [0.25, 0.3) is 0 Å². The van der Waals surface area contributed by atoms with Crippen LogP contribution < -0.4 is 0 Å². The van der Waals surface area contributed by atoms with Crippen molar-refractivity contribution in [3.05, 3.63) is 24.5 Å². The summed E-state index contributed by atoms with van der Waals surface area (Å²) in [5.41, 5.74) is 0.390. The van der Waals surface area contributed by atoms with Gasteiger partial charge in [-0.1, -0.05) is 35.7 Å². The van der Waals surface area contributed by atoms with Crippen molar-refractivity contribution >= 4 is 28.6 Å². The second kappa shape index (κ2) is 4.33. The van der Waals surface area contributed by atoms with Gasteiger partial charge in [0.15, 0.2) is 6.10 Å². The molecule has 1 saturated heterocycles. The molecule has 1 heterocycles. The maximum Gasteiger partial charge on any atom is 0.333 e.